The zero-order chi connectivity index (χ0) is 12.8. The van der Waals surface area contributed by atoms with Gasteiger partial charge in [-0.3, -0.25) is 4.79 Å². The summed E-state index contributed by atoms with van der Waals surface area (Å²) >= 11 is 4.02. The summed E-state index contributed by atoms with van der Waals surface area (Å²) in [5.41, 5.74) is 0.887. The Morgan fingerprint density at radius 1 is 1.44 bits per heavy atom. The minimum atomic E-state index is 0.0977. The highest BCUT2D eigenvalue weighted by Crippen LogP contribution is 2.20. The Morgan fingerprint density at radius 3 is 2.94 bits per heavy atom. The predicted octanol–water partition coefficient (Wildman–Crippen LogP) is 2.71. The molecule has 98 valence electrons. The number of benzene rings is 1. The molecule has 0 aromatic heterocycles. The van der Waals surface area contributed by atoms with Crippen LogP contribution in [0.25, 0.3) is 0 Å². The summed E-state index contributed by atoms with van der Waals surface area (Å²) in [4.78, 5) is 11.8. The molecule has 0 spiro atoms. The van der Waals surface area contributed by atoms with Gasteiger partial charge in [0.1, 0.15) is 0 Å². The van der Waals surface area contributed by atoms with Gasteiger partial charge in [-0.15, -0.1) is 11.8 Å². The summed E-state index contributed by atoms with van der Waals surface area (Å²) in [6, 6.07) is 7.88. The fourth-order valence-corrected chi connectivity index (χ4v) is 3.49. The third-order valence-corrected chi connectivity index (χ3v) is 4.89. The van der Waals surface area contributed by atoms with Gasteiger partial charge in [-0.05, 0) is 66.7 Å². The number of carbonyl (C=O) groups is 1. The van der Waals surface area contributed by atoms with Crippen molar-refractivity contribution in [2.45, 2.75) is 18.1 Å². The maximum atomic E-state index is 11.8. The quantitative estimate of drug-likeness (QED) is 0.795. The maximum Gasteiger partial charge on any atom is 0.234 e. The Morgan fingerprint density at radius 2 is 2.22 bits per heavy atom. The molecule has 18 heavy (non-hydrogen) atoms. The first-order valence-corrected chi connectivity index (χ1v) is 8.24. The Hall–Kier alpha value is -0.270. The molecule has 0 unspecified atom stereocenters. The number of anilines is 1. The van der Waals surface area contributed by atoms with Gasteiger partial charge in [-0.1, -0.05) is 6.07 Å². The molecule has 0 aliphatic carbocycles. The number of amides is 1. The number of rotatable bonds is 4. The molecule has 1 heterocycles. The highest BCUT2D eigenvalue weighted by Gasteiger charge is 2.14. The fraction of sp³-hybridized carbons (Fsp3) is 0.462. The van der Waals surface area contributed by atoms with Crippen LogP contribution >= 0.6 is 34.4 Å². The summed E-state index contributed by atoms with van der Waals surface area (Å²) in [5.74, 6) is 0.649. The molecule has 2 N–H and O–H groups in total. The van der Waals surface area contributed by atoms with Crippen molar-refractivity contribution in [2.75, 3.05) is 24.2 Å². The van der Waals surface area contributed by atoms with Crippen molar-refractivity contribution in [1.82, 2.24) is 5.32 Å². The van der Waals surface area contributed by atoms with E-state index in [4.69, 9.17) is 0 Å². The number of halogens is 1. The van der Waals surface area contributed by atoms with Gasteiger partial charge < -0.3 is 10.6 Å². The summed E-state index contributed by atoms with van der Waals surface area (Å²) in [6.45, 7) is 2.16. The SMILES string of the molecule is O=C(CSC1CCNCC1)Nc1cccc(I)c1. The average Bonchev–Trinajstić information content (AvgIpc) is 2.38. The van der Waals surface area contributed by atoms with Crippen LogP contribution in [-0.2, 0) is 4.79 Å². The highest BCUT2D eigenvalue weighted by molar-refractivity contribution is 14.1. The Labute approximate surface area is 126 Å². The van der Waals surface area contributed by atoms with E-state index in [2.05, 4.69) is 33.2 Å². The van der Waals surface area contributed by atoms with Crippen LogP contribution in [0, 0.1) is 3.57 Å². The molecule has 0 saturated carbocycles. The lowest BCUT2D eigenvalue weighted by atomic mass is 10.2. The third kappa shape index (κ3) is 4.78. The maximum absolute atomic E-state index is 11.8. The number of piperidine rings is 1. The van der Waals surface area contributed by atoms with Crippen molar-refractivity contribution in [3.8, 4) is 0 Å². The summed E-state index contributed by atoms with van der Waals surface area (Å²) < 4.78 is 1.14. The van der Waals surface area contributed by atoms with Gasteiger partial charge in [0.15, 0.2) is 0 Å². The van der Waals surface area contributed by atoms with Gasteiger partial charge in [0, 0.05) is 14.5 Å². The molecule has 0 atom stereocenters. The highest BCUT2D eigenvalue weighted by atomic mass is 127. The van der Waals surface area contributed by atoms with E-state index in [0.717, 1.165) is 22.3 Å². The second-order valence-electron chi connectivity index (χ2n) is 4.32. The van der Waals surface area contributed by atoms with Crippen molar-refractivity contribution in [1.29, 1.82) is 0 Å². The predicted molar refractivity (Wildman–Crippen MR) is 86.1 cm³/mol. The minimum Gasteiger partial charge on any atom is -0.325 e. The minimum absolute atomic E-state index is 0.0977. The molecule has 1 aliphatic rings. The van der Waals surface area contributed by atoms with Crippen LogP contribution < -0.4 is 10.6 Å². The smallest absolute Gasteiger partial charge is 0.234 e. The van der Waals surface area contributed by atoms with Gasteiger partial charge in [0.25, 0.3) is 0 Å². The lowest BCUT2D eigenvalue weighted by molar-refractivity contribution is -0.113. The first-order valence-electron chi connectivity index (χ1n) is 6.12. The Kier molecular flexibility index (Phi) is 5.78. The largest absolute Gasteiger partial charge is 0.325 e. The fourth-order valence-electron chi connectivity index (χ4n) is 1.92. The first-order chi connectivity index (χ1) is 8.74. The van der Waals surface area contributed by atoms with Gasteiger partial charge in [-0.25, -0.2) is 0 Å². The van der Waals surface area contributed by atoms with Crippen LogP contribution in [0.3, 0.4) is 0 Å². The van der Waals surface area contributed by atoms with Crippen molar-refractivity contribution in [2.24, 2.45) is 0 Å². The van der Waals surface area contributed by atoms with E-state index in [1.54, 1.807) is 11.8 Å². The Balaban J connectivity index is 1.74. The van der Waals surface area contributed by atoms with E-state index < -0.39 is 0 Å². The number of hydrogen-bond acceptors (Lipinski definition) is 3. The molecule has 2 rings (SSSR count). The van der Waals surface area contributed by atoms with Crippen LogP contribution in [0.2, 0.25) is 0 Å². The molecule has 1 saturated heterocycles. The van der Waals surface area contributed by atoms with Gasteiger partial charge in [-0.2, -0.15) is 0 Å². The summed E-state index contributed by atoms with van der Waals surface area (Å²) in [6.07, 6.45) is 2.34. The lowest BCUT2D eigenvalue weighted by Gasteiger charge is -2.21. The van der Waals surface area contributed by atoms with Crippen molar-refractivity contribution >= 4 is 45.9 Å². The van der Waals surface area contributed by atoms with Crippen LogP contribution in [0.4, 0.5) is 5.69 Å². The van der Waals surface area contributed by atoms with E-state index in [1.165, 1.54) is 12.8 Å². The normalized spacial score (nSPS) is 16.5. The van der Waals surface area contributed by atoms with E-state index in [9.17, 15) is 4.79 Å². The third-order valence-electron chi connectivity index (χ3n) is 2.84. The topological polar surface area (TPSA) is 41.1 Å². The zero-order valence-corrected chi connectivity index (χ0v) is 13.1. The van der Waals surface area contributed by atoms with E-state index in [1.807, 2.05) is 24.3 Å². The summed E-state index contributed by atoms with van der Waals surface area (Å²) in [7, 11) is 0. The van der Waals surface area contributed by atoms with E-state index in [0.29, 0.717) is 11.0 Å². The zero-order valence-electron chi connectivity index (χ0n) is 10.1. The number of hydrogen-bond donors (Lipinski definition) is 2. The van der Waals surface area contributed by atoms with Gasteiger partial charge >= 0.3 is 0 Å². The molecule has 1 aliphatic heterocycles. The molecule has 1 fully saturated rings. The number of thioether (sulfide) groups is 1. The molecule has 1 aromatic rings. The summed E-state index contributed by atoms with van der Waals surface area (Å²) in [5, 5.41) is 6.91. The Bertz CT molecular complexity index is 408. The van der Waals surface area contributed by atoms with E-state index in [-0.39, 0.29) is 5.91 Å². The first kappa shape index (κ1) is 14.1. The monoisotopic (exact) mass is 376 g/mol. The standard InChI is InChI=1S/C13H17IN2OS/c14-10-2-1-3-11(8-10)16-13(17)9-18-12-4-6-15-7-5-12/h1-3,8,12,15H,4-7,9H2,(H,16,17). The van der Waals surface area contributed by atoms with Crippen LogP contribution in [0.5, 0.6) is 0 Å². The van der Waals surface area contributed by atoms with Crippen LogP contribution in [0.1, 0.15) is 12.8 Å². The van der Waals surface area contributed by atoms with Crippen molar-refractivity contribution < 1.29 is 4.79 Å². The second kappa shape index (κ2) is 7.35. The van der Waals surface area contributed by atoms with Gasteiger partial charge in [0.05, 0.1) is 5.75 Å². The molecule has 3 nitrogen and oxygen atoms in total. The average molecular weight is 376 g/mol. The molecular weight excluding hydrogens is 359 g/mol. The molecule has 1 amide bonds. The van der Waals surface area contributed by atoms with Crippen molar-refractivity contribution in [3.63, 3.8) is 0 Å². The van der Waals surface area contributed by atoms with Crippen LogP contribution in [-0.4, -0.2) is 30.0 Å². The van der Waals surface area contributed by atoms with E-state index >= 15 is 0 Å². The number of nitrogens with one attached hydrogen (secondary N) is 2. The lowest BCUT2D eigenvalue weighted by Crippen LogP contribution is -2.30. The second-order valence-corrected chi connectivity index (χ2v) is 6.85. The number of carbonyl (C=O) groups excluding carboxylic acids is 1. The molecule has 0 bridgehead atoms. The van der Waals surface area contributed by atoms with Gasteiger partial charge in [0.2, 0.25) is 5.91 Å². The molecule has 5 heteroatoms. The molecular formula is C13H17IN2OS. The molecule has 0 radical (unpaired) electrons. The van der Waals surface area contributed by atoms with Crippen molar-refractivity contribution in [3.05, 3.63) is 27.8 Å². The molecule has 1 aromatic carbocycles. The van der Waals surface area contributed by atoms with Crippen LogP contribution in [0.15, 0.2) is 24.3 Å².